The zero-order valence-electron chi connectivity index (χ0n) is 15.7. The number of ether oxygens (including phenoxy) is 1. The Hall–Kier alpha value is -2.42. The van der Waals surface area contributed by atoms with Crippen molar-refractivity contribution in [3.63, 3.8) is 0 Å². The van der Waals surface area contributed by atoms with Crippen LogP contribution in [0.5, 0.6) is 0 Å². The summed E-state index contributed by atoms with van der Waals surface area (Å²) in [7, 11) is 0. The molecule has 0 saturated carbocycles. The molecule has 8 nitrogen and oxygen atoms in total. The lowest BCUT2D eigenvalue weighted by atomic mass is 10.0. The van der Waals surface area contributed by atoms with Gasteiger partial charge in [0, 0.05) is 35.6 Å². The topological polar surface area (TPSA) is 114 Å². The quantitative estimate of drug-likeness (QED) is 0.699. The van der Waals surface area contributed by atoms with Crippen LogP contribution in [0.3, 0.4) is 0 Å². The molecule has 0 bridgehead atoms. The second kappa shape index (κ2) is 9.18. The number of aliphatic hydroxyl groups is 1. The van der Waals surface area contributed by atoms with Crippen LogP contribution in [-0.2, 0) is 9.53 Å². The fourth-order valence-corrected chi connectivity index (χ4v) is 3.48. The number of aliphatic hydroxyl groups excluding tert-OH is 1. The van der Waals surface area contributed by atoms with Gasteiger partial charge in [-0.25, -0.2) is 4.98 Å². The zero-order valence-corrected chi connectivity index (χ0v) is 16.4. The molecular formula is C19H24ClN5O3. The van der Waals surface area contributed by atoms with Crippen LogP contribution in [0.2, 0.25) is 5.02 Å². The van der Waals surface area contributed by atoms with Crippen molar-refractivity contribution in [1.29, 1.82) is 0 Å². The Morgan fingerprint density at radius 3 is 3.00 bits per heavy atom. The molecule has 3 rings (SSSR count). The van der Waals surface area contributed by atoms with Crippen LogP contribution in [-0.4, -0.2) is 47.3 Å². The van der Waals surface area contributed by atoms with Crippen LogP contribution in [0, 0.1) is 6.92 Å². The summed E-state index contributed by atoms with van der Waals surface area (Å²) in [5.74, 6) is 0.672. The molecule has 2 heterocycles. The lowest BCUT2D eigenvalue weighted by molar-refractivity contribution is -0.116. The molecule has 1 aliphatic rings. The molecule has 0 spiro atoms. The molecule has 0 radical (unpaired) electrons. The predicted molar refractivity (Wildman–Crippen MR) is 108 cm³/mol. The number of rotatable bonds is 5. The largest absolute Gasteiger partial charge is 0.396 e. The fourth-order valence-electron chi connectivity index (χ4n) is 3.23. The van der Waals surface area contributed by atoms with Gasteiger partial charge in [0.1, 0.15) is 5.82 Å². The Kier molecular flexibility index (Phi) is 6.66. The number of aromatic nitrogens is 2. The van der Waals surface area contributed by atoms with E-state index in [1.807, 2.05) is 19.1 Å². The first kappa shape index (κ1) is 20.3. The van der Waals surface area contributed by atoms with Gasteiger partial charge in [-0.2, -0.15) is 4.98 Å². The summed E-state index contributed by atoms with van der Waals surface area (Å²) in [6.07, 6.45) is 0.875. The SMILES string of the molecule is Cc1cc(N2CCCOC[C@H]2c2cc(NC(=O)CCO)ccc2Cl)nc(N)n1. The van der Waals surface area contributed by atoms with E-state index in [-0.39, 0.29) is 30.9 Å². The monoisotopic (exact) mass is 405 g/mol. The average molecular weight is 406 g/mol. The van der Waals surface area contributed by atoms with E-state index in [1.165, 1.54) is 0 Å². The molecule has 2 aromatic rings. The van der Waals surface area contributed by atoms with Crippen LogP contribution >= 0.6 is 11.6 Å². The first-order chi connectivity index (χ1) is 13.5. The van der Waals surface area contributed by atoms with Gasteiger partial charge in [0.15, 0.2) is 0 Å². The number of nitrogen functional groups attached to an aromatic ring is 1. The number of halogens is 1. The van der Waals surface area contributed by atoms with Gasteiger partial charge < -0.3 is 25.8 Å². The third-order valence-electron chi connectivity index (χ3n) is 4.47. The van der Waals surface area contributed by atoms with Crippen molar-refractivity contribution in [2.24, 2.45) is 0 Å². The molecular weight excluding hydrogens is 382 g/mol. The predicted octanol–water partition coefficient (Wildman–Crippen LogP) is 2.31. The van der Waals surface area contributed by atoms with Gasteiger partial charge in [-0.3, -0.25) is 4.79 Å². The molecule has 28 heavy (non-hydrogen) atoms. The van der Waals surface area contributed by atoms with Crippen molar-refractivity contribution in [3.05, 3.63) is 40.5 Å². The molecule has 9 heteroatoms. The summed E-state index contributed by atoms with van der Waals surface area (Å²) in [6.45, 7) is 3.45. The van der Waals surface area contributed by atoms with Gasteiger partial charge in [0.2, 0.25) is 11.9 Å². The van der Waals surface area contributed by atoms with Crippen molar-refractivity contribution < 1.29 is 14.6 Å². The molecule has 0 unspecified atom stereocenters. The lowest BCUT2D eigenvalue weighted by Crippen LogP contribution is -2.32. The Bertz CT molecular complexity index is 828. The van der Waals surface area contributed by atoms with E-state index in [0.29, 0.717) is 29.7 Å². The number of hydrogen-bond donors (Lipinski definition) is 3. The molecule has 1 aromatic heterocycles. The van der Waals surface area contributed by atoms with Crippen LogP contribution in [0.15, 0.2) is 24.3 Å². The first-order valence-electron chi connectivity index (χ1n) is 9.13. The van der Waals surface area contributed by atoms with E-state index in [9.17, 15) is 4.79 Å². The molecule has 1 fully saturated rings. The van der Waals surface area contributed by atoms with Crippen LogP contribution in [0.25, 0.3) is 0 Å². The first-order valence-corrected chi connectivity index (χ1v) is 9.51. The second-order valence-electron chi connectivity index (χ2n) is 6.62. The fraction of sp³-hybridized carbons (Fsp3) is 0.421. The summed E-state index contributed by atoms with van der Waals surface area (Å²) in [6, 6.07) is 7.00. The standard InChI is InChI=1S/C19H24ClN5O3/c1-12-9-17(24-19(21)22-12)25-6-2-8-28-11-16(25)14-10-13(3-4-15(14)20)23-18(27)5-7-26/h3-4,9-10,16,26H,2,5-8,11H2,1H3,(H,23,27)(H2,21,22,24)/t16-/m0/s1. The maximum atomic E-state index is 11.8. The number of benzene rings is 1. The van der Waals surface area contributed by atoms with Gasteiger partial charge in [-0.05, 0) is 37.1 Å². The van der Waals surface area contributed by atoms with Crippen molar-refractivity contribution in [1.82, 2.24) is 9.97 Å². The van der Waals surface area contributed by atoms with Gasteiger partial charge in [0.25, 0.3) is 0 Å². The van der Waals surface area contributed by atoms with Crippen LogP contribution in [0.4, 0.5) is 17.5 Å². The molecule has 0 aliphatic carbocycles. The van der Waals surface area contributed by atoms with E-state index in [4.69, 9.17) is 27.2 Å². The maximum Gasteiger partial charge on any atom is 0.226 e. The lowest BCUT2D eigenvalue weighted by Gasteiger charge is -2.31. The van der Waals surface area contributed by atoms with Crippen molar-refractivity contribution in [2.45, 2.75) is 25.8 Å². The van der Waals surface area contributed by atoms with E-state index >= 15 is 0 Å². The van der Waals surface area contributed by atoms with Gasteiger partial charge in [0.05, 0.1) is 25.7 Å². The number of carbonyl (C=O) groups is 1. The van der Waals surface area contributed by atoms with Gasteiger partial charge >= 0.3 is 0 Å². The Balaban J connectivity index is 1.96. The van der Waals surface area contributed by atoms with E-state index < -0.39 is 0 Å². The molecule has 1 amide bonds. The van der Waals surface area contributed by atoms with Crippen LogP contribution in [0.1, 0.15) is 30.1 Å². The van der Waals surface area contributed by atoms with E-state index in [1.54, 1.807) is 12.1 Å². The molecule has 1 atom stereocenters. The number of anilines is 3. The summed E-state index contributed by atoms with van der Waals surface area (Å²) in [5.41, 5.74) is 8.06. The van der Waals surface area contributed by atoms with Crippen LogP contribution < -0.4 is 16.0 Å². The zero-order chi connectivity index (χ0) is 20.1. The normalized spacial score (nSPS) is 17.2. The Labute approximate surface area is 168 Å². The average Bonchev–Trinajstić information content (AvgIpc) is 2.88. The highest BCUT2D eigenvalue weighted by Crippen LogP contribution is 2.34. The highest BCUT2D eigenvalue weighted by atomic mass is 35.5. The summed E-state index contributed by atoms with van der Waals surface area (Å²) >= 11 is 6.50. The van der Waals surface area contributed by atoms with Crippen molar-refractivity contribution in [2.75, 3.05) is 42.3 Å². The van der Waals surface area contributed by atoms with E-state index in [2.05, 4.69) is 20.2 Å². The second-order valence-corrected chi connectivity index (χ2v) is 7.03. The number of aryl methyl sites for hydroxylation is 1. The highest BCUT2D eigenvalue weighted by Gasteiger charge is 2.27. The maximum absolute atomic E-state index is 11.8. The minimum Gasteiger partial charge on any atom is -0.396 e. The molecule has 4 N–H and O–H groups in total. The summed E-state index contributed by atoms with van der Waals surface area (Å²) in [5, 5.41) is 12.3. The summed E-state index contributed by atoms with van der Waals surface area (Å²) < 4.78 is 5.79. The van der Waals surface area contributed by atoms with Gasteiger partial charge in [-0.1, -0.05) is 11.6 Å². The molecule has 150 valence electrons. The molecule has 1 aliphatic heterocycles. The number of carbonyl (C=O) groups excluding carboxylic acids is 1. The third-order valence-corrected chi connectivity index (χ3v) is 4.81. The number of nitrogens with zero attached hydrogens (tertiary/aromatic N) is 3. The molecule has 1 saturated heterocycles. The smallest absolute Gasteiger partial charge is 0.226 e. The van der Waals surface area contributed by atoms with E-state index in [0.717, 1.165) is 24.2 Å². The Morgan fingerprint density at radius 2 is 2.25 bits per heavy atom. The molecule has 1 aromatic carbocycles. The highest BCUT2D eigenvalue weighted by molar-refractivity contribution is 6.31. The summed E-state index contributed by atoms with van der Waals surface area (Å²) in [4.78, 5) is 22.5. The minimum atomic E-state index is -0.260. The number of nitrogens with two attached hydrogens (primary N) is 1. The number of nitrogens with one attached hydrogen (secondary N) is 1. The minimum absolute atomic E-state index is 0.0378. The Morgan fingerprint density at radius 1 is 1.43 bits per heavy atom. The van der Waals surface area contributed by atoms with Crippen molar-refractivity contribution >= 4 is 35.0 Å². The third kappa shape index (κ3) is 4.89. The number of hydrogen-bond acceptors (Lipinski definition) is 7. The van der Waals surface area contributed by atoms with Crippen molar-refractivity contribution in [3.8, 4) is 0 Å². The van der Waals surface area contributed by atoms with Gasteiger partial charge in [-0.15, -0.1) is 0 Å². The number of amides is 1.